The fourth-order valence-electron chi connectivity index (χ4n) is 2.35. The van der Waals surface area contributed by atoms with Crippen LogP contribution in [0.15, 0.2) is 30.6 Å². The van der Waals surface area contributed by atoms with E-state index in [1.807, 2.05) is 18.7 Å². The van der Waals surface area contributed by atoms with Crippen molar-refractivity contribution in [2.45, 2.75) is 26.9 Å². The van der Waals surface area contributed by atoms with E-state index in [4.69, 9.17) is 0 Å². The number of nitrogens with zero attached hydrogens (tertiary/aromatic N) is 3. The number of alkyl halides is 3. The predicted octanol–water partition coefficient (Wildman–Crippen LogP) is 3.90. The van der Waals surface area contributed by atoms with Gasteiger partial charge in [-0.05, 0) is 39.0 Å². The van der Waals surface area contributed by atoms with Crippen molar-refractivity contribution in [3.63, 3.8) is 0 Å². The van der Waals surface area contributed by atoms with Gasteiger partial charge in [0, 0.05) is 19.3 Å². The Bertz CT molecular complexity index is 741. The van der Waals surface area contributed by atoms with Crippen molar-refractivity contribution in [1.29, 1.82) is 0 Å². The first-order chi connectivity index (χ1) is 11.8. The minimum Gasteiger partial charge on any atom is -0.370 e. The Hall–Kier alpha value is -2.64. The minimum atomic E-state index is -4.50. The zero-order chi connectivity index (χ0) is 18.6. The molecule has 0 saturated heterocycles. The van der Waals surface area contributed by atoms with E-state index >= 15 is 0 Å². The molecule has 0 aliphatic rings. The van der Waals surface area contributed by atoms with Crippen molar-refractivity contribution in [3.05, 3.63) is 47.5 Å². The number of aryl methyl sites for hydroxylation is 1. The lowest BCUT2D eigenvalue weighted by atomic mass is 10.1. The molecule has 134 valence electrons. The Labute approximate surface area is 143 Å². The molecule has 5 nitrogen and oxygen atoms in total. The lowest BCUT2D eigenvalue weighted by molar-refractivity contribution is -0.137. The summed E-state index contributed by atoms with van der Waals surface area (Å²) in [5.74, 6) is -0.611. The molecule has 0 aliphatic heterocycles. The van der Waals surface area contributed by atoms with Gasteiger partial charge in [0.25, 0.3) is 5.91 Å². The first-order valence-electron chi connectivity index (χ1n) is 7.82. The average molecular weight is 352 g/mol. The molecule has 0 spiro atoms. The van der Waals surface area contributed by atoms with Crippen LogP contribution in [0.3, 0.4) is 0 Å². The fraction of sp³-hybridized carbons (Fsp3) is 0.353. The number of halogens is 3. The van der Waals surface area contributed by atoms with Crippen LogP contribution in [0.25, 0.3) is 0 Å². The Morgan fingerprint density at radius 2 is 1.84 bits per heavy atom. The molecule has 0 atom stereocenters. The molecule has 0 bridgehead atoms. The van der Waals surface area contributed by atoms with Crippen molar-refractivity contribution in [3.8, 4) is 0 Å². The van der Waals surface area contributed by atoms with E-state index in [9.17, 15) is 18.0 Å². The van der Waals surface area contributed by atoms with Gasteiger partial charge in [0.1, 0.15) is 5.69 Å². The second kappa shape index (κ2) is 7.50. The average Bonchev–Trinajstić information content (AvgIpc) is 2.56. The summed E-state index contributed by atoms with van der Waals surface area (Å²) >= 11 is 0. The second-order valence-electron chi connectivity index (χ2n) is 5.40. The summed E-state index contributed by atoms with van der Waals surface area (Å²) in [6, 6.07) is 3.31. The van der Waals surface area contributed by atoms with Gasteiger partial charge in [-0.3, -0.25) is 9.78 Å². The third kappa shape index (κ3) is 4.46. The number of carbonyl (C=O) groups is 1. The third-order valence-electron chi connectivity index (χ3n) is 3.69. The van der Waals surface area contributed by atoms with Crippen molar-refractivity contribution < 1.29 is 18.0 Å². The minimum absolute atomic E-state index is 0.0357. The molecule has 1 aromatic heterocycles. The summed E-state index contributed by atoms with van der Waals surface area (Å²) in [6.07, 6.45) is -1.79. The Kier molecular flexibility index (Phi) is 5.61. The van der Waals surface area contributed by atoms with Crippen molar-refractivity contribution in [2.24, 2.45) is 0 Å². The van der Waals surface area contributed by atoms with Crippen LogP contribution in [0.2, 0.25) is 0 Å². The molecule has 0 aliphatic carbocycles. The highest BCUT2D eigenvalue weighted by atomic mass is 19.4. The van der Waals surface area contributed by atoms with Crippen molar-refractivity contribution in [2.75, 3.05) is 23.3 Å². The number of benzene rings is 1. The standard InChI is InChI=1S/C17H19F3N4O/c1-4-24(5-2)15-7-6-12(17(18,19)20)8-13(15)23-16(25)14-10-21-11(3)9-22-14/h6-10H,4-5H2,1-3H3,(H,23,25). The van der Waals surface area contributed by atoms with E-state index < -0.39 is 17.6 Å². The molecule has 1 N–H and O–H groups in total. The number of aromatic nitrogens is 2. The normalized spacial score (nSPS) is 11.3. The molecule has 1 heterocycles. The van der Waals surface area contributed by atoms with Gasteiger partial charge in [-0.15, -0.1) is 0 Å². The zero-order valence-corrected chi connectivity index (χ0v) is 14.2. The van der Waals surface area contributed by atoms with Crippen LogP contribution in [0, 0.1) is 6.92 Å². The van der Waals surface area contributed by atoms with Gasteiger partial charge in [0.05, 0.1) is 28.8 Å². The summed E-state index contributed by atoms with van der Waals surface area (Å²) in [5, 5.41) is 2.52. The van der Waals surface area contributed by atoms with Crippen LogP contribution in [0.5, 0.6) is 0 Å². The highest BCUT2D eigenvalue weighted by Crippen LogP contribution is 2.35. The lowest BCUT2D eigenvalue weighted by Crippen LogP contribution is -2.25. The van der Waals surface area contributed by atoms with E-state index in [1.54, 1.807) is 6.92 Å². The summed E-state index contributed by atoms with van der Waals surface area (Å²) < 4.78 is 39.1. The monoisotopic (exact) mass is 352 g/mol. The van der Waals surface area contributed by atoms with E-state index in [2.05, 4.69) is 15.3 Å². The maximum absolute atomic E-state index is 13.0. The molecule has 1 aromatic carbocycles. The van der Waals surface area contributed by atoms with Crippen LogP contribution in [0.4, 0.5) is 24.5 Å². The Morgan fingerprint density at radius 1 is 1.16 bits per heavy atom. The van der Waals surface area contributed by atoms with Crippen LogP contribution >= 0.6 is 0 Å². The largest absolute Gasteiger partial charge is 0.416 e. The van der Waals surface area contributed by atoms with Crippen molar-refractivity contribution >= 4 is 17.3 Å². The first-order valence-corrected chi connectivity index (χ1v) is 7.82. The van der Waals surface area contributed by atoms with Gasteiger partial charge in [0.15, 0.2) is 0 Å². The molecule has 25 heavy (non-hydrogen) atoms. The highest BCUT2D eigenvalue weighted by molar-refractivity contribution is 6.04. The molecule has 2 rings (SSSR count). The molecular weight excluding hydrogens is 333 g/mol. The number of hydrogen-bond donors (Lipinski definition) is 1. The molecule has 0 fully saturated rings. The Morgan fingerprint density at radius 3 is 2.36 bits per heavy atom. The topological polar surface area (TPSA) is 58.1 Å². The molecule has 1 amide bonds. The Balaban J connectivity index is 2.41. The lowest BCUT2D eigenvalue weighted by Gasteiger charge is -2.25. The molecule has 2 aromatic rings. The number of hydrogen-bond acceptors (Lipinski definition) is 4. The number of amides is 1. The van der Waals surface area contributed by atoms with E-state index in [0.29, 0.717) is 24.5 Å². The van der Waals surface area contributed by atoms with Crippen molar-refractivity contribution in [1.82, 2.24) is 9.97 Å². The molecule has 8 heteroatoms. The number of carbonyl (C=O) groups excluding carboxylic acids is 1. The molecular formula is C17H19F3N4O. The van der Waals surface area contributed by atoms with Crippen LogP contribution in [0.1, 0.15) is 35.6 Å². The van der Waals surface area contributed by atoms with Gasteiger partial charge >= 0.3 is 6.18 Å². The molecule has 0 saturated carbocycles. The van der Waals surface area contributed by atoms with Gasteiger partial charge in [-0.1, -0.05) is 0 Å². The quantitative estimate of drug-likeness (QED) is 0.887. The maximum Gasteiger partial charge on any atom is 0.416 e. The van der Waals surface area contributed by atoms with E-state index in [1.165, 1.54) is 18.5 Å². The number of rotatable bonds is 5. The van der Waals surface area contributed by atoms with Gasteiger partial charge in [-0.2, -0.15) is 13.2 Å². The van der Waals surface area contributed by atoms with Crippen LogP contribution in [-0.4, -0.2) is 29.0 Å². The van der Waals surface area contributed by atoms with E-state index in [-0.39, 0.29) is 11.4 Å². The summed E-state index contributed by atoms with van der Waals surface area (Å²) in [4.78, 5) is 22.1. The summed E-state index contributed by atoms with van der Waals surface area (Å²) in [5.41, 5.74) is 0.457. The first kappa shape index (κ1) is 18.7. The molecule has 0 unspecified atom stereocenters. The van der Waals surface area contributed by atoms with Crippen LogP contribution in [-0.2, 0) is 6.18 Å². The SMILES string of the molecule is CCN(CC)c1ccc(C(F)(F)F)cc1NC(=O)c1cnc(C)cn1. The predicted molar refractivity (Wildman–Crippen MR) is 89.7 cm³/mol. The van der Waals surface area contributed by atoms with E-state index in [0.717, 1.165) is 12.1 Å². The van der Waals surface area contributed by atoms with Gasteiger partial charge in [-0.25, -0.2) is 4.98 Å². The number of nitrogens with one attached hydrogen (secondary N) is 1. The highest BCUT2D eigenvalue weighted by Gasteiger charge is 2.31. The second-order valence-corrected chi connectivity index (χ2v) is 5.40. The fourth-order valence-corrected chi connectivity index (χ4v) is 2.35. The third-order valence-corrected chi connectivity index (χ3v) is 3.69. The van der Waals surface area contributed by atoms with Crippen LogP contribution < -0.4 is 10.2 Å². The van der Waals surface area contributed by atoms with Gasteiger partial charge < -0.3 is 10.2 Å². The smallest absolute Gasteiger partial charge is 0.370 e. The maximum atomic E-state index is 13.0. The zero-order valence-electron chi connectivity index (χ0n) is 14.2. The summed E-state index contributed by atoms with van der Waals surface area (Å²) in [6.45, 7) is 6.68. The molecule has 0 radical (unpaired) electrons. The number of anilines is 2. The van der Waals surface area contributed by atoms with Gasteiger partial charge in [0.2, 0.25) is 0 Å². The summed E-state index contributed by atoms with van der Waals surface area (Å²) in [7, 11) is 0.